The summed E-state index contributed by atoms with van der Waals surface area (Å²) in [6.45, 7) is 12.3. The van der Waals surface area contributed by atoms with Crippen LogP contribution in [0.1, 0.15) is 70.2 Å². The third-order valence-corrected chi connectivity index (χ3v) is 6.38. The highest BCUT2D eigenvalue weighted by atomic mass is 32.2. The molecule has 0 aliphatic carbocycles. The van der Waals surface area contributed by atoms with E-state index >= 15 is 0 Å². The summed E-state index contributed by atoms with van der Waals surface area (Å²) in [4.78, 5) is 12.1. The Labute approximate surface area is 203 Å². The van der Waals surface area contributed by atoms with Crippen LogP contribution >= 0.6 is 11.8 Å². The summed E-state index contributed by atoms with van der Waals surface area (Å²) in [5.41, 5.74) is 0.781. The van der Waals surface area contributed by atoms with Crippen molar-refractivity contribution in [3.05, 3.63) is 58.4 Å². The minimum absolute atomic E-state index is 0.00919. The molecule has 0 aliphatic rings. The van der Waals surface area contributed by atoms with Crippen molar-refractivity contribution in [3.8, 4) is 5.75 Å². The molecule has 2 aromatic carbocycles. The molecule has 188 valence electrons. The molecule has 0 fully saturated rings. The largest absolute Gasteiger partial charge is 0.507 e. The lowest BCUT2D eigenvalue weighted by Gasteiger charge is -2.28. The molecular formula is C26H33F4NO2S. The predicted octanol–water partition coefficient (Wildman–Crippen LogP) is 7.45. The summed E-state index contributed by atoms with van der Waals surface area (Å²) in [5, 5.41) is 13.1. The van der Waals surface area contributed by atoms with Gasteiger partial charge in [0.2, 0.25) is 5.91 Å². The van der Waals surface area contributed by atoms with Gasteiger partial charge in [-0.2, -0.15) is 24.9 Å². The SMILES string of the molecule is CC(C)(C)c1cc(CCCSCC(=O)Nc2ccc(F)cc2C(F)(F)F)cc(C(C)(C)C)c1O. The first-order valence-electron chi connectivity index (χ1n) is 11.1. The topological polar surface area (TPSA) is 49.3 Å². The summed E-state index contributed by atoms with van der Waals surface area (Å²) in [5.74, 6) is -0.631. The van der Waals surface area contributed by atoms with E-state index < -0.39 is 29.2 Å². The molecule has 0 atom stereocenters. The molecular weight excluding hydrogens is 466 g/mol. The van der Waals surface area contributed by atoms with Gasteiger partial charge in [-0.25, -0.2) is 4.39 Å². The molecule has 0 spiro atoms. The zero-order chi connectivity index (χ0) is 25.9. The normalized spacial score (nSPS) is 12.6. The molecule has 0 aliphatic heterocycles. The van der Waals surface area contributed by atoms with E-state index in [1.165, 1.54) is 11.8 Å². The molecule has 0 aromatic heterocycles. The number of hydrogen-bond acceptors (Lipinski definition) is 3. The van der Waals surface area contributed by atoms with Crippen LogP contribution in [-0.4, -0.2) is 22.5 Å². The van der Waals surface area contributed by atoms with Crippen molar-refractivity contribution in [2.24, 2.45) is 0 Å². The number of phenols is 1. The van der Waals surface area contributed by atoms with Crippen molar-refractivity contribution in [1.29, 1.82) is 0 Å². The lowest BCUT2D eigenvalue weighted by molar-refractivity contribution is -0.137. The Morgan fingerprint density at radius 2 is 1.50 bits per heavy atom. The van der Waals surface area contributed by atoms with Gasteiger partial charge in [0.15, 0.2) is 0 Å². The number of alkyl halides is 3. The maximum Gasteiger partial charge on any atom is 0.418 e. The second kappa shape index (κ2) is 10.6. The molecule has 2 aromatic rings. The fraction of sp³-hybridized carbons (Fsp3) is 0.500. The van der Waals surface area contributed by atoms with Gasteiger partial charge < -0.3 is 10.4 Å². The second-order valence-corrected chi connectivity index (χ2v) is 11.5. The number of phenolic OH excluding ortho intramolecular Hbond substituents is 1. The van der Waals surface area contributed by atoms with Crippen LogP contribution in [0.2, 0.25) is 0 Å². The van der Waals surface area contributed by atoms with E-state index in [4.69, 9.17) is 0 Å². The highest BCUT2D eigenvalue weighted by molar-refractivity contribution is 7.99. The van der Waals surface area contributed by atoms with E-state index in [9.17, 15) is 27.5 Å². The second-order valence-electron chi connectivity index (χ2n) is 10.4. The Hall–Kier alpha value is -2.22. The minimum atomic E-state index is -4.76. The fourth-order valence-corrected chi connectivity index (χ4v) is 4.32. The third kappa shape index (κ3) is 7.65. The van der Waals surface area contributed by atoms with Crippen LogP contribution in [0.5, 0.6) is 5.75 Å². The molecule has 3 nitrogen and oxygen atoms in total. The first-order valence-corrected chi connectivity index (χ1v) is 12.3. The van der Waals surface area contributed by atoms with Gasteiger partial charge in [0.25, 0.3) is 0 Å². The van der Waals surface area contributed by atoms with E-state index in [0.29, 0.717) is 17.6 Å². The van der Waals surface area contributed by atoms with Gasteiger partial charge in [0.05, 0.1) is 17.0 Å². The summed E-state index contributed by atoms with van der Waals surface area (Å²) in [6.07, 6.45) is -3.25. The first-order chi connectivity index (χ1) is 15.5. The van der Waals surface area contributed by atoms with Gasteiger partial charge >= 0.3 is 6.18 Å². The average Bonchev–Trinajstić information content (AvgIpc) is 2.67. The van der Waals surface area contributed by atoms with Crippen LogP contribution in [0, 0.1) is 5.82 Å². The number of amides is 1. The Morgan fingerprint density at radius 3 is 2.00 bits per heavy atom. The fourth-order valence-electron chi connectivity index (χ4n) is 3.57. The molecule has 0 bridgehead atoms. The molecule has 8 heteroatoms. The summed E-state index contributed by atoms with van der Waals surface area (Å²) in [6, 6.07) is 6.22. The third-order valence-electron chi connectivity index (χ3n) is 5.33. The molecule has 0 unspecified atom stereocenters. The number of halogens is 4. The molecule has 0 saturated heterocycles. The van der Waals surface area contributed by atoms with Crippen molar-refractivity contribution in [2.45, 2.75) is 71.4 Å². The molecule has 1 amide bonds. The number of rotatable bonds is 7. The van der Waals surface area contributed by atoms with Gasteiger partial charge in [-0.3, -0.25) is 4.79 Å². The minimum Gasteiger partial charge on any atom is -0.507 e. The Bertz CT molecular complexity index is 986. The van der Waals surface area contributed by atoms with Crippen LogP contribution in [0.25, 0.3) is 0 Å². The standard InChI is InChI=1S/C26H33F4NO2S/c1-24(2,3)19-12-16(13-20(23(19)33)25(4,5)6)8-7-11-34-15-22(32)31-21-10-9-17(27)14-18(21)26(28,29)30/h9-10,12-14,33H,7-8,11,15H2,1-6H3,(H,31,32). The van der Waals surface area contributed by atoms with Gasteiger partial charge in [-0.05, 0) is 64.3 Å². The Balaban J connectivity index is 1.97. The quantitative estimate of drug-likeness (QED) is 0.307. The molecule has 0 radical (unpaired) electrons. The molecule has 34 heavy (non-hydrogen) atoms. The number of thioether (sulfide) groups is 1. The highest BCUT2D eigenvalue weighted by Crippen LogP contribution is 2.40. The number of aromatic hydroxyl groups is 1. The van der Waals surface area contributed by atoms with Crippen molar-refractivity contribution in [3.63, 3.8) is 0 Å². The van der Waals surface area contributed by atoms with Crippen LogP contribution < -0.4 is 5.32 Å². The summed E-state index contributed by atoms with van der Waals surface area (Å²) < 4.78 is 52.5. The zero-order valence-corrected chi connectivity index (χ0v) is 21.3. The molecule has 2 N–H and O–H groups in total. The number of nitrogens with one attached hydrogen (secondary N) is 1. The zero-order valence-electron chi connectivity index (χ0n) is 20.5. The van der Waals surface area contributed by atoms with Crippen LogP contribution in [-0.2, 0) is 28.2 Å². The van der Waals surface area contributed by atoms with Crippen molar-refractivity contribution in [1.82, 2.24) is 0 Å². The van der Waals surface area contributed by atoms with E-state index in [-0.39, 0.29) is 16.6 Å². The van der Waals surface area contributed by atoms with E-state index in [1.807, 2.05) is 12.1 Å². The number of carbonyl (C=O) groups excluding carboxylic acids is 1. The number of carbonyl (C=O) groups is 1. The Kier molecular flexibility index (Phi) is 8.72. The van der Waals surface area contributed by atoms with Gasteiger partial charge in [0, 0.05) is 0 Å². The summed E-state index contributed by atoms with van der Waals surface area (Å²) in [7, 11) is 0. The van der Waals surface area contributed by atoms with Crippen molar-refractivity contribution < 1.29 is 27.5 Å². The van der Waals surface area contributed by atoms with Crippen molar-refractivity contribution >= 4 is 23.4 Å². The number of aryl methyl sites for hydroxylation is 1. The highest BCUT2D eigenvalue weighted by Gasteiger charge is 2.34. The van der Waals surface area contributed by atoms with Crippen LogP contribution in [0.4, 0.5) is 23.2 Å². The number of anilines is 1. The lowest BCUT2D eigenvalue weighted by Crippen LogP contribution is -2.18. The van der Waals surface area contributed by atoms with Gasteiger partial charge in [-0.1, -0.05) is 53.7 Å². The van der Waals surface area contributed by atoms with Gasteiger partial charge in [-0.15, -0.1) is 0 Å². The number of hydrogen-bond donors (Lipinski definition) is 2. The summed E-state index contributed by atoms with van der Waals surface area (Å²) >= 11 is 1.32. The smallest absolute Gasteiger partial charge is 0.418 e. The number of benzene rings is 2. The van der Waals surface area contributed by atoms with E-state index in [2.05, 4.69) is 46.9 Å². The maximum absolute atomic E-state index is 13.2. The van der Waals surface area contributed by atoms with E-state index in [0.717, 1.165) is 41.7 Å². The average molecular weight is 500 g/mol. The first kappa shape index (κ1) is 28.0. The molecule has 0 heterocycles. The van der Waals surface area contributed by atoms with Crippen molar-refractivity contribution in [2.75, 3.05) is 16.8 Å². The van der Waals surface area contributed by atoms with E-state index in [1.54, 1.807) is 0 Å². The van der Waals surface area contributed by atoms with Gasteiger partial charge in [0.1, 0.15) is 11.6 Å². The van der Waals surface area contributed by atoms with Crippen LogP contribution in [0.15, 0.2) is 30.3 Å². The maximum atomic E-state index is 13.2. The Morgan fingerprint density at radius 1 is 0.941 bits per heavy atom. The lowest BCUT2D eigenvalue weighted by atomic mass is 9.78. The predicted molar refractivity (Wildman–Crippen MR) is 131 cm³/mol. The monoisotopic (exact) mass is 499 g/mol. The van der Waals surface area contributed by atoms with Crippen LogP contribution in [0.3, 0.4) is 0 Å². The molecule has 2 rings (SSSR count). The molecule has 0 saturated carbocycles.